The lowest BCUT2D eigenvalue weighted by Gasteiger charge is -2.14. The molecule has 2 aromatic carbocycles. The van der Waals surface area contributed by atoms with E-state index in [9.17, 15) is 9.59 Å². The lowest BCUT2D eigenvalue weighted by Crippen LogP contribution is -2.28. The van der Waals surface area contributed by atoms with E-state index in [4.69, 9.17) is 4.42 Å². The molecule has 0 radical (unpaired) electrons. The second-order valence-corrected chi connectivity index (χ2v) is 7.18. The molecule has 5 nitrogen and oxygen atoms in total. The summed E-state index contributed by atoms with van der Waals surface area (Å²) < 4.78 is 6.00. The molecule has 1 aliphatic heterocycles. The Kier molecular flexibility index (Phi) is 5.53. The number of benzene rings is 2. The molecule has 28 heavy (non-hydrogen) atoms. The summed E-state index contributed by atoms with van der Waals surface area (Å²) in [5.41, 5.74) is 1.39. The van der Waals surface area contributed by atoms with Crippen molar-refractivity contribution in [2.45, 2.75) is 19.3 Å². The van der Waals surface area contributed by atoms with Crippen LogP contribution in [0.15, 0.2) is 63.8 Å². The molecule has 5 heteroatoms. The number of nitrogens with zero attached hydrogens (tertiary/aromatic N) is 1. The van der Waals surface area contributed by atoms with Gasteiger partial charge in [-0.3, -0.25) is 9.59 Å². The Morgan fingerprint density at radius 3 is 2.61 bits per heavy atom. The first-order chi connectivity index (χ1) is 13.7. The molecule has 0 unspecified atom stereocenters. The molecular weight excluding hydrogens is 352 g/mol. The van der Waals surface area contributed by atoms with Crippen molar-refractivity contribution in [1.29, 1.82) is 0 Å². The normalized spacial score (nSPS) is 14.4. The lowest BCUT2D eigenvalue weighted by atomic mass is 10.1. The van der Waals surface area contributed by atoms with Crippen LogP contribution in [0.5, 0.6) is 0 Å². The molecule has 0 aliphatic carbocycles. The van der Waals surface area contributed by atoms with E-state index in [1.54, 1.807) is 18.2 Å². The van der Waals surface area contributed by atoms with Gasteiger partial charge in [0.25, 0.3) is 5.91 Å². The van der Waals surface area contributed by atoms with Crippen LogP contribution in [-0.2, 0) is 0 Å². The Labute approximate surface area is 164 Å². The number of hydrogen-bond acceptors (Lipinski definition) is 4. The first kappa shape index (κ1) is 18.4. The van der Waals surface area contributed by atoms with E-state index < -0.39 is 0 Å². The monoisotopic (exact) mass is 376 g/mol. The van der Waals surface area contributed by atoms with E-state index in [0.717, 1.165) is 31.6 Å². The van der Waals surface area contributed by atoms with Crippen molar-refractivity contribution in [2.75, 3.05) is 26.2 Å². The van der Waals surface area contributed by atoms with Crippen molar-refractivity contribution in [3.8, 4) is 11.3 Å². The van der Waals surface area contributed by atoms with Gasteiger partial charge in [0, 0.05) is 18.2 Å². The van der Waals surface area contributed by atoms with Crippen LogP contribution in [0.4, 0.5) is 0 Å². The van der Waals surface area contributed by atoms with Gasteiger partial charge in [-0.25, -0.2) is 0 Å². The summed E-state index contributed by atoms with van der Waals surface area (Å²) in [6, 6.07) is 16.0. The second-order valence-electron chi connectivity index (χ2n) is 7.18. The number of hydrogen-bond donors (Lipinski definition) is 1. The molecular formula is C23H24N2O3. The van der Waals surface area contributed by atoms with Gasteiger partial charge in [-0.1, -0.05) is 36.4 Å². The molecule has 0 spiro atoms. The largest absolute Gasteiger partial charge is 0.455 e. The predicted octanol–water partition coefficient (Wildman–Crippen LogP) is 3.68. The summed E-state index contributed by atoms with van der Waals surface area (Å²) in [4.78, 5) is 27.7. The maximum atomic E-state index is 12.7. The van der Waals surface area contributed by atoms with Crippen LogP contribution in [0.2, 0.25) is 0 Å². The Hall–Kier alpha value is -2.92. The summed E-state index contributed by atoms with van der Waals surface area (Å²) in [6.45, 7) is 3.92. The number of likely N-dealkylation sites (tertiary alicyclic amines) is 1. The van der Waals surface area contributed by atoms with Crippen LogP contribution >= 0.6 is 0 Å². The average Bonchev–Trinajstić information content (AvgIpc) is 3.25. The van der Waals surface area contributed by atoms with Gasteiger partial charge in [0.2, 0.25) is 0 Å². The fourth-order valence-electron chi connectivity index (χ4n) is 3.71. The standard InChI is InChI=1S/C23H24N2O3/c26-20-16-21(17-8-2-1-3-9-17)28-22-18(20)10-6-11-19(22)23(27)24-12-7-15-25-13-4-5-14-25/h1-3,6,8-11,16H,4-5,7,12-15H2,(H,24,27). The third-order valence-corrected chi connectivity index (χ3v) is 5.19. The molecule has 2 heterocycles. The first-order valence-electron chi connectivity index (χ1n) is 9.85. The van der Waals surface area contributed by atoms with E-state index in [0.29, 0.717) is 28.8 Å². The smallest absolute Gasteiger partial charge is 0.255 e. The van der Waals surface area contributed by atoms with Crippen LogP contribution in [0, 0.1) is 0 Å². The van der Waals surface area contributed by atoms with Gasteiger partial charge in [-0.05, 0) is 51.0 Å². The summed E-state index contributed by atoms with van der Waals surface area (Å²) in [5.74, 6) is 0.257. The van der Waals surface area contributed by atoms with E-state index in [1.165, 1.54) is 18.9 Å². The van der Waals surface area contributed by atoms with E-state index in [2.05, 4.69) is 10.2 Å². The lowest BCUT2D eigenvalue weighted by molar-refractivity contribution is 0.0952. The van der Waals surface area contributed by atoms with Crippen LogP contribution in [0.1, 0.15) is 29.6 Å². The Morgan fingerprint density at radius 2 is 1.82 bits per heavy atom. The summed E-state index contributed by atoms with van der Waals surface area (Å²) >= 11 is 0. The quantitative estimate of drug-likeness (QED) is 0.667. The summed E-state index contributed by atoms with van der Waals surface area (Å²) in [6.07, 6.45) is 3.45. The van der Waals surface area contributed by atoms with Gasteiger partial charge in [0.1, 0.15) is 5.76 Å². The van der Waals surface area contributed by atoms with Crippen molar-refractivity contribution in [3.05, 3.63) is 70.4 Å². The third kappa shape index (κ3) is 3.99. The zero-order valence-electron chi connectivity index (χ0n) is 15.8. The minimum atomic E-state index is -0.208. The number of para-hydroxylation sites is 1. The van der Waals surface area contributed by atoms with Gasteiger partial charge in [0.15, 0.2) is 11.0 Å². The zero-order valence-corrected chi connectivity index (χ0v) is 15.8. The molecule has 4 rings (SSSR count). The van der Waals surface area contributed by atoms with Crippen molar-refractivity contribution in [1.82, 2.24) is 10.2 Å². The molecule has 1 N–H and O–H groups in total. The van der Waals surface area contributed by atoms with Crippen LogP contribution in [0.3, 0.4) is 0 Å². The molecule has 0 atom stereocenters. The number of amides is 1. The molecule has 0 bridgehead atoms. The SMILES string of the molecule is O=C(NCCCN1CCCC1)c1cccc2c(=O)cc(-c3ccccc3)oc12. The highest BCUT2D eigenvalue weighted by molar-refractivity contribution is 6.04. The first-order valence-corrected chi connectivity index (χ1v) is 9.85. The van der Waals surface area contributed by atoms with Gasteiger partial charge in [0.05, 0.1) is 10.9 Å². The van der Waals surface area contributed by atoms with Crippen LogP contribution < -0.4 is 10.7 Å². The molecule has 1 fully saturated rings. The van der Waals surface area contributed by atoms with Crippen molar-refractivity contribution < 1.29 is 9.21 Å². The van der Waals surface area contributed by atoms with E-state index in [1.807, 2.05) is 30.3 Å². The summed E-state index contributed by atoms with van der Waals surface area (Å²) in [7, 11) is 0. The molecule has 3 aromatic rings. The van der Waals surface area contributed by atoms with E-state index >= 15 is 0 Å². The van der Waals surface area contributed by atoms with Crippen LogP contribution in [-0.4, -0.2) is 37.0 Å². The minimum Gasteiger partial charge on any atom is -0.455 e. The Morgan fingerprint density at radius 1 is 1.04 bits per heavy atom. The molecule has 144 valence electrons. The van der Waals surface area contributed by atoms with Crippen molar-refractivity contribution in [3.63, 3.8) is 0 Å². The fraction of sp³-hybridized carbons (Fsp3) is 0.304. The number of nitrogens with one attached hydrogen (secondary N) is 1. The highest BCUT2D eigenvalue weighted by Crippen LogP contribution is 2.24. The highest BCUT2D eigenvalue weighted by Gasteiger charge is 2.16. The molecule has 0 saturated carbocycles. The van der Waals surface area contributed by atoms with Gasteiger partial charge < -0.3 is 14.6 Å². The topological polar surface area (TPSA) is 62.6 Å². The minimum absolute atomic E-state index is 0.149. The average molecular weight is 376 g/mol. The number of rotatable bonds is 6. The number of carbonyl (C=O) groups excluding carboxylic acids is 1. The summed E-state index contributed by atoms with van der Waals surface area (Å²) in [5, 5.41) is 3.39. The maximum absolute atomic E-state index is 12.7. The Balaban J connectivity index is 1.55. The third-order valence-electron chi connectivity index (χ3n) is 5.19. The van der Waals surface area contributed by atoms with Crippen LogP contribution in [0.25, 0.3) is 22.3 Å². The highest BCUT2D eigenvalue weighted by atomic mass is 16.3. The van der Waals surface area contributed by atoms with Crippen molar-refractivity contribution >= 4 is 16.9 Å². The number of fused-ring (bicyclic) bond motifs is 1. The molecule has 1 saturated heterocycles. The fourth-order valence-corrected chi connectivity index (χ4v) is 3.71. The van der Waals surface area contributed by atoms with Crippen molar-refractivity contribution in [2.24, 2.45) is 0 Å². The molecule has 1 aromatic heterocycles. The Bertz CT molecular complexity index is 1020. The molecule has 1 aliphatic rings. The van der Waals surface area contributed by atoms with Gasteiger partial charge in [-0.15, -0.1) is 0 Å². The zero-order chi connectivity index (χ0) is 19.3. The second kappa shape index (κ2) is 8.40. The number of carbonyl (C=O) groups is 1. The maximum Gasteiger partial charge on any atom is 0.255 e. The predicted molar refractivity (Wildman–Crippen MR) is 111 cm³/mol. The van der Waals surface area contributed by atoms with E-state index in [-0.39, 0.29) is 11.3 Å². The molecule has 1 amide bonds. The van der Waals surface area contributed by atoms with Gasteiger partial charge in [-0.2, -0.15) is 0 Å². The van der Waals surface area contributed by atoms with Gasteiger partial charge >= 0.3 is 0 Å².